The summed E-state index contributed by atoms with van der Waals surface area (Å²) in [6.45, 7) is 12.2. The average molecular weight is 317 g/mol. The van der Waals surface area contributed by atoms with E-state index in [-0.39, 0.29) is 5.97 Å². The molecule has 2 rings (SSSR count). The molecule has 4 heteroatoms. The fourth-order valence-corrected chi connectivity index (χ4v) is 2.83. The Morgan fingerprint density at radius 2 is 2.00 bits per heavy atom. The number of rotatable bonds is 7. The van der Waals surface area contributed by atoms with Gasteiger partial charge in [-0.1, -0.05) is 20.8 Å². The molecule has 0 saturated carbocycles. The van der Waals surface area contributed by atoms with Gasteiger partial charge in [0, 0.05) is 23.1 Å². The smallest absolute Gasteiger partial charge is 0.340 e. The fourth-order valence-electron chi connectivity index (χ4n) is 2.83. The number of fused-ring (bicyclic) bond motifs is 1. The second-order valence-electron chi connectivity index (χ2n) is 6.21. The Hall–Kier alpha value is -1.97. The monoisotopic (exact) mass is 317 g/mol. The van der Waals surface area contributed by atoms with E-state index in [1.807, 2.05) is 32.0 Å². The quantitative estimate of drug-likeness (QED) is 0.702. The summed E-state index contributed by atoms with van der Waals surface area (Å²) in [5, 5.41) is 0.912. The van der Waals surface area contributed by atoms with E-state index < -0.39 is 0 Å². The standard InChI is InChI=1S/C19H27NO3/c1-6-10-23-15-8-9-17-16(11-15)18(19(21)22-7-2)14(5)20(17)12-13(3)4/h8-9,11,13H,6-7,10,12H2,1-5H3. The van der Waals surface area contributed by atoms with Crippen LogP contribution >= 0.6 is 0 Å². The van der Waals surface area contributed by atoms with Gasteiger partial charge in [-0.2, -0.15) is 0 Å². The zero-order valence-electron chi connectivity index (χ0n) is 14.8. The molecule has 0 aliphatic rings. The van der Waals surface area contributed by atoms with Crippen LogP contribution in [0.15, 0.2) is 18.2 Å². The lowest BCUT2D eigenvalue weighted by atomic mass is 10.1. The van der Waals surface area contributed by atoms with Crippen LogP contribution < -0.4 is 4.74 Å². The number of hydrogen-bond acceptors (Lipinski definition) is 3. The number of carbonyl (C=O) groups is 1. The van der Waals surface area contributed by atoms with E-state index in [4.69, 9.17) is 9.47 Å². The summed E-state index contributed by atoms with van der Waals surface area (Å²) in [6.07, 6.45) is 0.955. The molecule has 0 radical (unpaired) electrons. The van der Waals surface area contributed by atoms with E-state index in [2.05, 4.69) is 25.3 Å². The first-order valence-corrected chi connectivity index (χ1v) is 8.42. The highest BCUT2D eigenvalue weighted by molar-refractivity contribution is 6.06. The van der Waals surface area contributed by atoms with Gasteiger partial charge in [0.25, 0.3) is 0 Å². The molecule has 0 saturated heterocycles. The summed E-state index contributed by atoms with van der Waals surface area (Å²) in [7, 11) is 0. The molecule has 0 unspecified atom stereocenters. The van der Waals surface area contributed by atoms with Gasteiger partial charge < -0.3 is 14.0 Å². The zero-order valence-corrected chi connectivity index (χ0v) is 14.8. The van der Waals surface area contributed by atoms with Crippen LogP contribution in [0.2, 0.25) is 0 Å². The number of nitrogens with zero attached hydrogens (tertiary/aromatic N) is 1. The molecule has 0 bridgehead atoms. The van der Waals surface area contributed by atoms with E-state index in [9.17, 15) is 4.79 Å². The first-order chi connectivity index (χ1) is 11.0. The third-order valence-electron chi connectivity index (χ3n) is 3.79. The van der Waals surface area contributed by atoms with Crippen LogP contribution in [0.25, 0.3) is 10.9 Å². The van der Waals surface area contributed by atoms with Gasteiger partial charge in [-0.05, 0) is 44.4 Å². The van der Waals surface area contributed by atoms with Gasteiger partial charge in [0.2, 0.25) is 0 Å². The number of esters is 1. The van der Waals surface area contributed by atoms with Crippen LogP contribution in [-0.2, 0) is 11.3 Å². The largest absolute Gasteiger partial charge is 0.494 e. The minimum absolute atomic E-state index is 0.259. The van der Waals surface area contributed by atoms with Crippen molar-refractivity contribution < 1.29 is 14.3 Å². The average Bonchev–Trinajstić information content (AvgIpc) is 2.77. The third kappa shape index (κ3) is 3.69. The lowest BCUT2D eigenvalue weighted by Gasteiger charge is -2.11. The van der Waals surface area contributed by atoms with Gasteiger partial charge in [0.05, 0.1) is 18.8 Å². The molecule has 1 aromatic heterocycles. The molecule has 126 valence electrons. The van der Waals surface area contributed by atoms with Crippen molar-refractivity contribution in [1.82, 2.24) is 4.57 Å². The number of benzene rings is 1. The SMILES string of the molecule is CCCOc1ccc2c(c1)c(C(=O)OCC)c(C)n2CC(C)C. The molecular formula is C19H27NO3. The van der Waals surface area contributed by atoms with Crippen LogP contribution in [0.4, 0.5) is 0 Å². The maximum absolute atomic E-state index is 12.4. The van der Waals surface area contributed by atoms with E-state index in [1.54, 1.807) is 0 Å². The maximum Gasteiger partial charge on any atom is 0.340 e. The Morgan fingerprint density at radius 1 is 1.26 bits per heavy atom. The molecule has 0 amide bonds. The normalized spacial score (nSPS) is 11.2. The Bertz CT molecular complexity index is 685. The van der Waals surface area contributed by atoms with Crippen LogP contribution in [0, 0.1) is 12.8 Å². The lowest BCUT2D eigenvalue weighted by molar-refractivity contribution is 0.0527. The van der Waals surface area contributed by atoms with Gasteiger partial charge >= 0.3 is 5.97 Å². The summed E-state index contributed by atoms with van der Waals surface area (Å²) in [5.41, 5.74) is 2.67. The zero-order chi connectivity index (χ0) is 17.0. The topological polar surface area (TPSA) is 40.5 Å². The Morgan fingerprint density at radius 3 is 2.61 bits per heavy atom. The molecule has 0 N–H and O–H groups in total. The molecule has 0 spiro atoms. The van der Waals surface area contributed by atoms with Crippen molar-refractivity contribution >= 4 is 16.9 Å². The highest BCUT2D eigenvalue weighted by atomic mass is 16.5. The van der Waals surface area contributed by atoms with E-state index in [1.165, 1.54) is 0 Å². The highest BCUT2D eigenvalue weighted by Gasteiger charge is 2.21. The molecular weight excluding hydrogens is 290 g/mol. The number of aromatic nitrogens is 1. The summed E-state index contributed by atoms with van der Waals surface area (Å²) < 4.78 is 13.2. The van der Waals surface area contributed by atoms with Gasteiger partial charge in [-0.3, -0.25) is 0 Å². The number of ether oxygens (including phenoxy) is 2. The molecule has 1 heterocycles. The summed E-state index contributed by atoms with van der Waals surface area (Å²) in [4.78, 5) is 12.4. The minimum Gasteiger partial charge on any atom is -0.494 e. The Balaban J connectivity index is 2.59. The fraction of sp³-hybridized carbons (Fsp3) is 0.526. The van der Waals surface area contributed by atoms with Crippen LogP contribution in [0.3, 0.4) is 0 Å². The second kappa shape index (κ2) is 7.53. The van der Waals surface area contributed by atoms with E-state index >= 15 is 0 Å². The van der Waals surface area contributed by atoms with Gasteiger partial charge in [0.15, 0.2) is 0 Å². The molecule has 23 heavy (non-hydrogen) atoms. The van der Waals surface area contributed by atoms with Crippen molar-refractivity contribution in [2.24, 2.45) is 5.92 Å². The molecule has 4 nitrogen and oxygen atoms in total. The van der Waals surface area contributed by atoms with Crippen molar-refractivity contribution in [2.75, 3.05) is 13.2 Å². The highest BCUT2D eigenvalue weighted by Crippen LogP contribution is 2.31. The first kappa shape index (κ1) is 17.4. The van der Waals surface area contributed by atoms with Gasteiger partial charge in [0.1, 0.15) is 5.75 Å². The second-order valence-corrected chi connectivity index (χ2v) is 6.21. The lowest BCUT2D eigenvalue weighted by Crippen LogP contribution is -2.09. The predicted molar refractivity (Wildman–Crippen MR) is 93.3 cm³/mol. The Labute approximate surface area is 138 Å². The van der Waals surface area contributed by atoms with E-state index in [0.29, 0.717) is 24.7 Å². The molecule has 0 aliphatic heterocycles. The van der Waals surface area contributed by atoms with Crippen LogP contribution in [0.1, 0.15) is 50.2 Å². The predicted octanol–water partition coefficient (Wildman–Crippen LogP) is 4.57. The van der Waals surface area contributed by atoms with E-state index in [0.717, 1.165) is 35.3 Å². The summed E-state index contributed by atoms with van der Waals surface area (Å²) >= 11 is 0. The van der Waals surface area contributed by atoms with Gasteiger partial charge in [-0.25, -0.2) is 4.79 Å². The van der Waals surface area contributed by atoms with Crippen molar-refractivity contribution in [1.29, 1.82) is 0 Å². The van der Waals surface area contributed by atoms with Crippen molar-refractivity contribution in [3.05, 3.63) is 29.5 Å². The molecule has 0 atom stereocenters. The first-order valence-electron chi connectivity index (χ1n) is 8.42. The minimum atomic E-state index is -0.259. The Kier molecular flexibility index (Phi) is 5.69. The van der Waals surface area contributed by atoms with Crippen molar-refractivity contribution in [3.63, 3.8) is 0 Å². The van der Waals surface area contributed by atoms with Crippen molar-refractivity contribution in [2.45, 2.75) is 47.6 Å². The van der Waals surface area contributed by atoms with Crippen LogP contribution in [0.5, 0.6) is 5.75 Å². The molecule has 0 aliphatic carbocycles. The van der Waals surface area contributed by atoms with Gasteiger partial charge in [-0.15, -0.1) is 0 Å². The van der Waals surface area contributed by atoms with Crippen molar-refractivity contribution in [3.8, 4) is 5.75 Å². The molecule has 2 aromatic rings. The number of hydrogen-bond donors (Lipinski definition) is 0. The molecule has 0 fully saturated rings. The molecule has 1 aromatic carbocycles. The number of carbonyl (C=O) groups excluding carboxylic acids is 1. The van der Waals surface area contributed by atoms with Crippen LogP contribution in [-0.4, -0.2) is 23.8 Å². The summed E-state index contributed by atoms with van der Waals surface area (Å²) in [5.74, 6) is 1.03. The summed E-state index contributed by atoms with van der Waals surface area (Å²) in [6, 6.07) is 5.97. The maximum atomic E-state index is 12.4. The third-order valence-corrected chi connectivity index (χ3v) is 3.79.